The minimum Gasteiger partial charge on any atom is -0.479 e. The molecule has 0 spiro atoms. The minimum atomic E-state index is -0.681. The Balaban J connectivity index is 1.47. The van der Waals surface area contributed by atoms with Crippen LogP contribution in [0.5, 0.6) is 5.75 Å². The molecule has 1 fully saturated rings. The van der Waals surface area contributed by atoms with E-state index in [0.29, 0.717) is 17.9 Å². The van der Waals surface area contributed by atoms with E-state index in [9.17, 15) is 9.59 Å². The third kappa shape index (κ3) is 5.84. The Bertz CT molecular complexity index is 767. The number of benzene rings is 2. The first kappa shape index (κ1) is 19.9. The standard InChI is InChI=1S/C23H27NO4/c1-17(23(26)28-20-10-6-3-7-11-20)27-21-14-12-19(13-15-21)22(25)24-16-18-8-4-2-5-9-18/h2,4-5,8-9,12-15,17,20H,3,6-7,10-11,16H2,1H3,(H,24,25)/t17-/m1/s1. The molecule has 5 heteroatoms. The number of hydrogen-bond acceptors (Lipinski definition) is 4. The molecular weight excluding hydrogens is 354 g/mol. The zero-order valence-corrected chi connectivity index (χ0v) is 16.2. The third-order valence-corrected chi connectivity index (χ3v) is 4.89. The number of carbonyl (C=O) groups excluding carboxylic acids is 2. The van der Waals surface area contributed by atoms with Crippen molar-refractivity contribution in [2.45, 2.75) is 57.8 Å². The first-order valence-corrected chi connectivity index (χ1v) is 9.91. The maximum absolute atomic E-state index is 12.3. The summed E-state index contributed by atoms with van der Waals surface area (Å²) in [5.41, 5.74) is 1.59. The quantitative estimate of drug-likeness (QED) is 0.728. The van der Waals surface area contributed by atoms with Crippen molar-refractivity contribution in [3.8, 4) is 5.75 Å². The number of esters is 1. The summed E-state index contributed by atoms with van der Waals surface area (Å²) in [5, 5.41) is 2.89. The van der Waals surface area contributed by atoms with E-state index in [0.717, 1.165) is 31.2 Å². The van der Waals surface area contributed by atoms with Crippen LogP contribution in [0.15, 0.2) is 54.6 Å². The SMILES string of the molecule is C[C@@H](Oc1ccc(C(=O)NCc2ccccc2)cc1)C(=O)OC1CCCCC1. The Labute approximate surface area is 166 Å². The number of amides is 1. The maximum atomic E-state index is 12.3. The number of hydrogen-bond donors (Lipinski definition) is 1. The van der Waals surface area contributed by atoms with Crippen molar-refractivity contribution in [2.24, 2.45) is 0 Å². The second kappa shape index (κ2) is 9.93. The number of carbonyl (C=O) groups is 2. The molecule has 0 radical (unpaired) electrons. The lowest BCUT2D eigenvalue weighted by atomic mass is 9.98. The van der Waals surface area contributed by atoms with E-state index >= 15 is 0 Å². The van der Waals surface area contributed by atoms with Crippen LogP contribution in [0.3, 0.4) is 0 Å². The lowest BCUT2D eigenvalue weighted by Crippen LogP contribution is -2.31. The van der Waals surface area contributed by atoms with Gasteiger partial charge < -0.3 is 14.8 Å². The Morgan fingerprint density at radius 1 is 1.00 bits per heavy atom. The lowest BCUT2D eigenvalue weighted by molar-refractivity contribution is -0.158. The van der Waals surface area contributed by atoms with Crippen molar-refractivity contribution in [1.82, 2.24) is 5.32 Å². The van der Waals surface area contributed by atoms with Gasteiger partial charge in [-0.2, -0.15) is 0 Å². The molecule has 3 rings (SSSR count). The highest BCUT2D eigenvalue weighted by atomic mass is 16.6. The topological polar surface area (TPSA) is 64.6 Å². The van der Waals surface area contributed by atoms with Gasteiger partial charge in [0.1, 0.15) is 11.9 Å². The fourth-order valence-electron chi connectivity index (χ4n) is 3.26. The van der Waals surface area contributed by atoms with Crippen LogP contribution >= 0.6 is 0 Å². The summed E-state index contributed by atoms with van der Waals surface area (Å²) in [6.07, 6.45) is 4.65. The minimum absolute atomic E-state index is 0.0167. The molecule has 28 heavy (non-hydrogen) atoms. The molecule has 0 aromatic heterocycles. The molecule has 0 aliphatic heterocycles. The van der Waals surface area contributed by atoms with E-state index in [2.05, 4.69) is 5.32 Å². The third-order valence-electron chi connectivity index (χ3n) is 4.89. The van der Waals surface area contributed by atoms with Gasteiger partial charge >= 0.3 is 5.97 Å². The Morgan fingerprint density at radius 2 is 1.68 bits per heavy atom. The molecule has 1 atom stereocenters. The van der Waals surface area contributed by atoms with Crippen LogP contribution in [0.25, 0.3) is 0 Å². The van der Waals surface area contributed by atoms with Gasteiger partial charge in [0.15, 0.2) is 6.10 Å². The zero-order chi connectivity index (χ0) is 19.8. The van der Waals surface area contributed by atoms with Gasteiger partial charge in [-0.3, -0.25) is 4.79 Å². The van der Waals surface area contributed by atoms with Gasteiger partial charge in [0.05, 0.1) is 0 Å². The highest BCUT2D eigenvalue weighted by Gasteiger charge is 2.23. The predicted octanol–water partition coefficient (Wildman–Crippen LogP) is 4.26. The van der Waals surface area contributed by atoms with Crippen LogP contribution in [-0.2, 0) is 16.1 Å². The Morgan fingerprint density at radius 3 is 2.36 bits per heavy atom. The van der Waals surface area contributed by atoms with Gasteiger partial charge in [-0.15, -0.1) is 0 Å². The smallest absolute Gasteiger partial charge is 0.347 e. The van der Waals surface area contributed by atoms with Gasteiger partial charge in [0.25, 0.3) is 5.91 Å². The summed E-state index contributed by atoms with van der Waals surface area (Å²) in [7, 11) is 0. The van der Waals surface area contributed by atoms with E-state index in [1.54, 1.807) is 31.2 Å². The molecule has 5 nitrogen and oxygen atoms in total. The van der Waals surface area contributed by atoms with Crippen LogP contribution in [0.1, 0.15) is 54.9 Å². The van der Waals surface area contributed by atoms with Gasteiger partial charge in [-0.25, -0.2) is 4.79 Å². The van der Waals surface area contributed by atoms with Crippen molar-refractivity contribution in [3.63, 3.8) is 0 Å². The van der Waals surface area contributed by atoms with E-state index < -0.39 is 6.10 Å². The van der Waals surface area contributed by atoms with Crippen molar-refractivity contribution < 1.29 is 19.1 Å². The fourth-order valence-corrected chi connectivity index (χ4v) is 3.26. The molecule has 0 unspecified atom stereocenters. The molecule has 1 aliphatic rings. The van der Waals surface area contributed by atoms with E-state index in [1.165, 1.54) is 6.42 Å². The van der Waals surface area contributed by atoms with E-state index in [1.807, 2.05) is 30.3 Å². The van der Waals surface area contributed by atoms with E-state index in [-0.39, 0.29) is 18.0 Å². The van der Waals surface area contributed by atoms with Crippen LogP contribution in [0.4, 0.5) is 0 Å². The molecule has 1 amide bonds. The molecule has 148 valence electrons. The summed E-state index contributed by atoms with van der Waals surface area (Å²) in [4.78, 5) is 24.5. The first-order valence-electron chi connectivity index (χ1n) is 9.91. The monoisotopic (exact) mass is 381 g/mol. The summed E-state index contributed by atoms with van der Waals surface area (Å²) >= 11 is 0. The zero-order valence-electron chi connectivity index (χ0n) is 16.2. The van der Waals surface area contributed by atoms with Crippen molar-refractivity contribution in [1.29, 1.82) is 0 Å². The maximum Gasteiger partial charge on any atom is 0.347 e. The molecular formula is C23H27NO4. The average molecular weight is 381 g/mol. The first-order chi connectivity index (χ1) is 13.6. The Kier molecular flexibility index (Phi) is 7.06. The average Bonchev–Trinajstić information content (AvgIpc) is 2.74. The van der Waals surface area contributed by atoms with Crippen LogP contribution in [0, 0.1) is 0 Å². The number of nitrogens with one attached hydrogen (secondary N) is 1. The normalized spacial score (nSPS) is 15.5. The van der Waals surface area contributed by atoms with Gasteiger partial charge in [-0.1, -0.05) is 36.8 Å². The molecule has 0 heterocycles. The van der Waals surface area contributed by atoms with Crippen molar-refractivity contribution >= 4 is 11.9 Å². The largest absolute Gasteiger partial charge is 0.479 e. The van der Waals surface area contributed by atoms with Crippen molar-refractivity contribution in [3.05, 3.63) is 65.7 Å². The molecule has 2 aromatic rings. The number of rotatable bonds is 7. The molecule has 2 aromatic carbocycles. The Hall–Kier alpha value is -2.82. The van der Waals surface area contributed by atoms with E-state index in [4.69, 9.17) is 9.47 Å². The van der Waals surface area contributed by atoms with Crippen LogP contribution in [0.2, 0.25) is 0 Å². The molecule has 0 bridgehead atoms. The summed E-state index contributed by atoms with van der Waals surface area (Å²) in [5.74, 6) is 0.0458. The summed E-state index contributed by atoms with van der Waals surface area (Å²) in [6, 6.07) is 16.5. The fraction of sp³-hybridized carbons (Fsp3) is 0.391. The summed E-state index contributed by atoms with van der Waals surface area (Å²) < 4.78 is 11.2. The summed E-state index contributed by atoms with van der Waals surface area (Å²) in [6.45, 7) is 2.16. The molecule has 0 saturated heterocycles. The predicted molar refractivity (Wildman–Crippen MR) is 107 cm³/mol. The van der Waals surface area contributed by atoms with Gasteiger partial charge in [0.2, 0.25) is 0 Å². The number of ether oxygens (including phenoxy) is 2. The lowest BCUT2D eigenvalue weighted by Gasteiger charge is -2.23. The van der Waals surface area contributed by atoms with Gasteiger partial charge in [0, 0.05) is 12.1 Å². The van der Waals surface area contributed by atoms with Crippen molar-refractivity contribution in [2.75, 3.05) is 0 Å². The molecule has 1 saturated carbocycles. The highest BCUT2D eigenvalue weighted by Crippen LogP contribution is 2.21. The molecule has 1 aliphatic carbocycles. The van der Waals surface area contributed by atoms with Gasteiger partial charge in [-0.05, 0) is 62.4 Å². The second-order valence-corrected chi connectivity index (χ2v) is 7.15. The second-order valence-electron chi connectivity index (χ2n) is 7.15. The molecule has 1 N–H and O–H groups in total. The van der Waals surface area contributed by atoms with Crippen LogP contribution < -0.4 is 10.1 Å². The highest BCUT2D eigenvalue weighted by molar-refractivity contribution is 5.94. The van der Waals surface area contributed by atoms with Crippen LogP contribution in [-0.4, -0.2) is 24.1 Å².